The minimum absolute atomic E-state index is 0.0167. The second-order valence-corrected chi connectivity index (χ2v) is 9.46. The Morgan fingerprint density at radius 3 is 2.50 bits per heavy atom. The van der Waals surface area contributed by atoms with Gasteiger partial charge in [-0.25, -0.2) is 9.78 Å². The zero-order valence-corrected chi connectivity index (χ0v) is 20.1. The molecule has 3 amide bonds. The van der Waals surface area contributed by atoms with Gasteiger partial charge in [-0.15, -0.1) is 0 Å². The smallest absolute Gasteiger partial charge is 0.314 e. The average molecular weight is 495 g/mol. The van der Waals surface area contributed by atoms with E-state index in [4.69, 9.17) is 33.9 Å². The lowest BCUT2D eigenvalue weighted by Gasteiger charge is -2.23. The van der Waals surface area contributed by atoms with E-state index in [0.29, 0.717) is 48.2 Å². The van der Waals surface area contributed by atoms with Crippen molar-refractivity contribution in [2.24, 2.45) is 5.73 Å². The maximum atomic E-state index is 13.9. The van der Waals surface area contributed by atoms with E-state index in [1.807, 2.05) is 41.3 Å². The normalized spacial score (nSPS) is 17.2. The molecule has 174 valence electrons. The Morgan fingerprint density at radius 2 is 1.71 bits per heavy atom. The second-order valence-electron chi connectivity index (χ2n) is 8.65. The van der Waals surface area contributed by atoms with Crippen molar-refractivity contribution in [2.75, 3.05) is 26.2 Å². The number of fused-ring (bicyclic) bond motifs is 2. The molecule has 1 saturated heterocycles. The number of hydrogen-bond acceptors (Lipinski definition) is 3. The summed E-state index contributed by atoms with van der Waals surface area (Å²) in [6.07, 6.45) is 4.29. The van der Waals surface area contributed by atoms with Crippen LogP contribution in [-0.4, -0.2) is 52.9 Å². The molecule has 1 aliphatic carbocycles. The highest BCUT2D eigenvalue weighted by atomic mass is 35.5. The Kier molecular flexibility index (Phi) is 6.19. The van der Waals surface area contributed by atoms with Gasteiger partial charge in [-0.05, 0) is 60.2 Å². The van der Waals surface area contributed by atoms with Gasteiger partial charge in [-0.3, -0.25) is 4.79 Å². The number of benzene rings is 2. The Hall–Kier alpha value is -3.09. The number of nitrogens with two attached hydrogens (primary N) is 1. The first-order valence-corrected chi connectivity index (χ1v) is 12.1. The summed E-state index contributed by atoms with van der Waals surface area (Å²) in [5.74, 6) is -0.0167. The number of carbonyl (C=O) groups is 2. The number of amides is 3. The quantitative estimate of drug-likeness (QED) is 0.527. The van der Waals surface area contributed by atoms with E-state index in [1.165, 1.54) is 0 Å². The fourth-order valence-electron chi connectivity index (χ4n) is 4.83. The SMILES string of the molecule is NC(=O)N1CCCN(C(=O)c2c3c(nc4ccccc24)/C(=C\c2ccc(Cl)c(Cl)c2)CC3)CC1. The van der Waals surface area contributed by atoms with Crippen LogP contribution in [0.1, 0.15) is 40.0 Å². The summed E-state index contributed by atoms with van der Waals surface area (Å²) in [7, 11) is 0. The molecule has 34 heavy (non-hydrogen) atoms. The number of rotatable bonds is 2. The minimum atomic E-state index is -0.443. The van der Waals surface area contributed by atoms with Crippen LogP contribution in [0.15, 0.2) is 42.5 Å². The molecule has 2 aliphatic rings. The molecule has 0 radical (unpaired) electrons. The van der Waals surface area contributed by atoms with Crippen molar-refractivity contribution in [2.45, 2.75) is 19.3 Å². The van der Waals surface area contributed by atoms with Crippen LogP contribution < -0.4 is 5.73 Å². The van der Waals surface area contributed by atoms with Crippen molar-refractivity contribution in [3.63, 3.8) is 0 Å². The highest BCUT2D eigenvalue weighted by molar-refractivity contribution is 6.42. The first kappa shape index (κ1) is 22.7. The zero-order chi connectivity index (χ0) is 23.8. The zero-order valence-electron chi connectivity index (χ0n) is 18.6. The van der Waals surface area contributed by atoms with Gasteiger partial charge in [-0.1, -0.05) is 47.5 Å². The van der Waals surface area contributed by atoms with E-state index in [-0.39, 0.29) is 5.91 Å². The van der Waals surface area contributed by atoms with Gasteiger partial charge >= 0.3 is 6.03 Å². The van der Waals surface area contributed by atoms with Crippen LogP contribution in [0.25, 0.3) is 22.6 Å². The van der Waals surface area contributed by atoms with Crippen LogP contribution in [0.4, 0.5) is 4.79 Å². The molecule has 1 fully saturated rings. The standard InChI is InChI=1S/C26H24Cl2N4O2/c27-20-9-6-16(15-21(20)28)14-17-7-8-19-23(18-4-1-2-5-22(18)30-24(17)19)25(33)31-10-3-11-32(13-12-31)26(29)34/h1-2,4-6,9,14-15H,3,7-8,10-13H2,(H2,29,34)/b17-14-. The van der Waals surface area contributed by atoms with E-state index in [2.05, 4.69) is 6.08 Å². The number of urea groups is 1. The van der Waals surface area contributed by atoms with Gasteiger partial charge in [0.15, 0.2) is 0 Å². The Labute approximate surface area is 207 Å². The fraction of sp³-hybridized carbons (Fsp3) is 0.269. The minimum Gasteiger partial charge on any atom is -0.351 e. The molecule has 0 bridgehead atoms. The summed E-state index contributed by atoms with van der Waals surface area (Å²) in [6.45, 7) is 2.04. The average Bonchev–Trinajstić information content (AvgIpc) is 3.05. The number of hydrogen-bond donors (Lipinski definition) is 1. The van der Waals surface area contributed by atoms with Gasteiger partial charge < -0.3 is 15.5 Å². The van der Waals surface area contributed by atoms with Gasteiger partial charge in [0.2, 0.25) is 0 Å². The molecule has 2 aromatic carbocycles. The van der Waals surface area contributed by atoms with Gasteiger partial charge in [-0.2, -0.15) is 0 Å². The van der Waals surface area contributed by atoms with Crippen LogP contribution in [-0.2, 0) is 6.42 Å². The lowest BCUT2D eigenvalue weighted by molar-refractivity contribution is 0.0763. The topological polar surface area (TPSA) is 79.5 Å². The summed E-state index contributed by atoms with van der Waals surface area (Å²) in [4.78, 5) is 33.9. The summed E-state index contributed by atoms with van der Waals surface area (Å²) in [6, 6.07) is 12.9. The van der Waals surface area contributed by atoms with E-state index in [9.17, 15) is 9.59 Å². The van der Waals surface area contributed by atoms with Crippen LogP contribution in [0.2, 0.25) is 10.0 Å². The summed E-state index contributed by atoms with van der Waals surface area (Å²) in [5.41, 5.74) is 10.8. The summed E-state index contributed by atoms with van der Waals surface area (Å²) >= 11 is 12.3. The van der Waals surface area contributed by atoms with Crippen molar-refractivity contribution in [3.05, 3.63) is 74.9 Å². The lowest BCUT2D eigenvalue weighted by atomic mass is 9.99. The van der Waals surface area contributed by atoms with Gasteiger partial charge in [0.05, 0.1) is 26.8 Å². The molecule has 0 spiro atoms. The molecule has 0 unspecified atom stereocenters. The molecule has 6 nitrogen and oxygen atoms in total. The largest absolute Gasteiger partial charge is 0.351 e. The van der Waals surface area contributed by atoms with Crippen molar-refractivity contribution in [1.82, 2.24) is 14.8 Å². The van der Waals surface area contributed by atoms with Crippen molar-refractivity contribution < 1.29 is 9.59 Å². The van der Waals surface area contributed by atoms with E-state index >= 15 is 0 Å². The van der Waals surface area contributed by atoms with Crippen molar-refractivity contribution in [1.29, 1.82) is 0 Å². The predicted octanol–water partition coefficient (Wildman–Crippen LogP) is 5.26. The first-order chi connectivity index (χ1) is 16.4. The summed E-state index contributed by atoms with van der Waals surface area (Å²) in [5, 5.41) is 1.88. The number of pyridine rings is 1. The fourth-order valence-corrected chi connectivity index (χ4v) is 5.13. The molecule has 8 heteroatoms. The molecular weight excluding hydrogens is 471 g/mol. The number of aromatic nitrogens is 1. The van der Waals surface area contributed by atoms with E-state index in [1.54, 1.807) is 11.0 Å². The number of halogens is 2. The summed E-state index contributed by atoms with van der Waals surface area (Å²) < 4.78 is 0. The third kappa shape index (κ3) is 4.24. The van der Waals surface area contributed by atoms with Gasteiger partial charge in [0, 0.05) is 31.6 Å². The number of allylic oxidation sites excluding steroid dienone is 1. The molecular formula is C26H24Cl2N4O2. The Bertz CT molecular complexity index is 1340. The lowest BCUT2D eigenvalue weighted by Crippen LogP contribution is -2.40. The molecule has 1 aromatic heterocycles. The van der Waals surface area contributed by atoms with Crippen LogP contribution in [0, 0.1) is 0 Å². The molecule has 2 heterocycles. The third-order valence-electron chi connectivity index (χ3n) is 6.53. The maximum absolute atomic E-state index is 13.9. The van der Waals surface area contributed by atoms with Gasteiger partial charge in [0.25, 0.3) is 5.91 Å². The highest BCUT2D eigenvalue weighted by Gasteiger charge is 2.30. The second kappa shape index (κ2) is 9.28. The molecule has 0 atom stereocenters. The number of primary amides is 1. The highest BCUT2D eigenvalue weighted by Crippen LogP contribution is 2.38. The number of nitrogens with zero attached hydrogens (tertiary/aromatic N) is 3. The van der Waals surface area contributed by atoms with Gasteiger partial charge in [0.1, 0.15) is 0 Å². The van der Waals surface area contributed by atoms with Crippen LogP contribution in [0.3, 0.4) is 0 Å². The molecule has 3 aromatic rings. The molecule has 1 aliphatic heterocycles. The van der Waals surface area contributed by atoms with E-state index < -0.39 is 6.03 Å². The van der Waals surface area contributed by atoms with Crippen molar-refractivity contribution >= 4 is 57.7 Å². The van der Waals surface area contributed by atoms with Crippen LogP contribution in [0.5, 0.6) is 0 Å². The van der Waals surface area contributed by atoms with Crippen LogP contribution >= 0.6 is 23.2 Å². The molecule has 2 N–H and O–H groups in total. The molecule has 0 saturated carbocycles. The van der Waals surface area contributed by atoms with E-state index in [0.717, 1.165) is 46.1 Å². The Balaban J connectivity index is 1.57. The third-order valence-corrected chi connectivity index (χ3v) is 7.27. The predicted molar refractivity (Wildman–Crippen MR) is 136 cm³/mol. The maximum Gasteiger partial charge on any atom is 0.314 e. The first-order valence-electron chi connectivity index (χ1n) is 11.3. The number of carbonyl (C=O) groups excluding carboxylic acids is 2. The monoisotopic (exact) mass is 494 g/mol. The Morgan fingerprint density at radius 1 is 0.941 bits per heavy atom. The van der Waals surface area contributed by atoms with Crippen molar-refractivity contribution in [3.8, 4) is 0 Å². The molecule has 5 rings (SSSR count). The number of para-hydroxylation sites is 1.